The summed E-state index contributed by atoms with van der Waals surface area (Å²) in [5, 5.41) is 15.5. The van der Waals surface area contributed by atoms with Crippen LogP contribution < -0.4 is 10.6 Å². The van der Waals surface area contributed by atoms with Crippen LogP contribution in [0.4, 0.5) is 11.4 Å². The second-order valence-electron chi connectivity index (χ2n) is 4.81. The first-order valence-corrected chi connectivity index (χ1v) is 6.72. The number of carbonyl (C=O) groups is 2. The number of hydrogen-bond donors (Lipinski definition) is 2. The number of rotatable bonds is 5. The van der Waals surface area contributed by atoms with Crippen LogP contribution in [-0.4, -0.2) is 23.3 Å². The molecule has 0 heterocycles. The Labute approximate surface area is 126 Å². The minimum absolute atomic E-state index is 0.0230. The number of nitro benzene ring substituents is 1. The third-order valence-corrected chi connectivity index (χ3v) is 2.95. The summed E-state index contributed by atoms with van der Waals surface area (Å²) in [6.45, 7) is 4.37. The molecule has 2 amide bonds. The van der Waals surface area contributed by atoms with E-state index < -0.39 is 16.7 Å². The normalized spacial score (nSPS) is 10.3. The van der Waals surface area contributed by atoms with Gasteiger partial charge in [0.1, 0.15) is 0 Å². The molecule has 0 aliphatic rings. The van der Waals surface area contributed by atoms with Gasteiger partial charge in [-0.25, -0.2) is 0 Å². The molecule has 1 aromatic carbocycles. The number of anilines is 1. The average molecular weight is 314 g/mol. The van der Waals surface area contributed by atoms with Crippen molar-refractivity contribution in [3.63, 3.8) is 0 Å². The molecule has 114 valence electrons. The van der Waals surface area contributed by atoms with Crippen molar-refractivity contribution >= 4 is 34.8 Å². The maximum absolute atomic E-state index is 11.7. The van der Waals surface area contributed by atoms with Crippen LogP contribution in [0.15, 0.2) is 18.2 Å². The minimum atomic E-state index is -0.916. The van der Waals surface area contributed by atoms with Gasteiger partial charge in [0.15, 0.2) is 0 Å². The van der Waals surface area contributed by atoms with E-state index in [0.29, 0.717) is 12.5 Å². The maximum Gasteiger partial charge on any atom is 0.313 e. The van der Waals surface area contributed by atoms with Crippen molar-refractivity contribution in [3.8, 4) is 0 Å². The molecule has 0 aliphatic carbocycles. The number of non-ortho nitro benzene ring substituents is 1. The van der Waals surface area contributed by atoms with Crippen LogP contribution in [0, 0.1) is 16.0 Å². The zero-order chi connectivity index (χ0) is 16.0. The van der Waals surface area contributed by atoms with Gasteiger partial charge in [-0.05, 0) is 18.4 Å². The molecule has 0 bridgehead atoms. The summed E-state index contributed by atoms with van der Waals surface area (Å²) in [7, 11) is 0. The molecule has 21 heavy (non-hydrogen) atoms. The van der Waals surface area contributed by atoms with Crippen molar-refractivity contribution < 1.29 is 14.5 Å². The zero-order valence-corrected chi connectivity index (χ0v) is 12.4. The first-order valence-electron chi connectivity index (χ1n) is 6.34. The van der Waals surface area contributed by atoms with Gasteiger partial charge in [-0.15, -0.1) is 0 Å². The van der Waals surface area contributed by atoms with Crippen molar-refractivity contribution in [1.82, 2.24) is 5.32 Å². The number of amides is 2. The minimum Gasteiger partial charge on any atom is -0.348 e. The van der Waals surface area contributed by atoms with Gasteiger partial charge < -0.3 is 10.6 Å². The van der Waals surface area contributed by atoms with E-state index in [1.165, 1.54) is 12.1 Å². The van der Waals surface area contributed by atoms with E-state index in [2.05, 4.69) is 10.6 Å². The van der Waals surface area contributed by atoms with E-state index in [1.807, 2.05) is 13.8 Å². The van der Waals surface area contributed by atoms with Crippen LogP contribution in [0.25, 0.3) is 0 Å². The lowest BCUT2D eigenvalue weighted by Crippen LogP contribution is -2.36. The zero-order valence-electron chi connectivity index (χ0n) is 11.7. The van der Waals surface area contributed by atoms with Crippen molar-refractivity contribution in [2.24, 2.45) is 5.92 Å². The largest absolute Gasteiger partial charge is 0.348 e. The third kappa shape index (κ3) is 5.39. The maximum atomic E-state index is 11.7. The lowest BCUT2D eigenvalue weighted by atomic mass is 10.1. The highest BCUT2D eigenvalue weighted by molar-refractivity contribution is 6.41. The van der Waals surface area contributed by atoms with E-state index in [4.69, 9.17) is 11.6 Å². The molecule has 0 fully saturated rings. The summed E-state index contributed by atoms with van der Waals surface area (Å²) in [5.41, 5.74) is -0.204. The van der Waals surface area contributed by atoms with Gasteiger partial charge in [0.25, 0.3) is 5.69 Å². The van der Waals surface area contributed by atoms with Crippen molar-refractivity contribution in [1.29, 1.82) is 0 Å². The molecule has 0 unspecified atom stereocenters. The van der Waals surface area contributed by atoms with Crippen LogP contribution in [0.1, 0.15) is 20.3 Å². The fourth-order valence-corrected chi connectivity index (χ4v) is 1.62. The molecule has 8 heteroatoms. The second kappa shape index (κ2) is 7.58. The summed E-state index contributed by atoms with van der Waals surface area (Å²) >= 11 is 5.83. The van der Waals surface area contributed by atoms with Gasteiger partial charge in [-0.3, -0.25) is 19.7 Å². The molecule has 0 radical (unpaired) electrons. The predicted octanol–water partition coefficient (Wildman–Crippen LogP) is 2.35. The van der Waals surface area contributed by atoms with E-state index in [0.717, 1.165) is 12.5 Å². The highest BCUT2D eigenvalue weighted by Gasteiger charge is 2.17. The molecule has 1 aromatic rings. The Hall–Kier alpha value is -2.15. The molecule has 0 atom stereocenters. The number of hydrogen-bond acceptors (Lipinski definition) is 4. The highest BCUT2D eigenvalue weighted by Crippen LogP contribution is 2.26. The van der Waals surface area contributed by atoms with E-state index in [1.54, 1.807) is 0 Å². The Morgan fingerprint density at radius 2 is 2.00 bits per heavy atom. The number of nitrogens with one attached hydrogen (secondary N) is 2. The molecule has 2 N–H and O–H groups in total. The molecule has 0 aliphatic heterocycles. The molecule has 7 nitrogen and oxygen atoms in total. The molecular formula is C13H16ClN3O4. The second-order valence-corrected chi connectivity index (χ2v) is 5.22. The average Bonchev–Trinajstić information content (AvgIpc) is 2.40. The van der Waals surface area contributed by atoms with Crippen molar-refractivity contribution in [2.45, 2.75) is 20.3 Å². The molecule has 0 aromatic heterocycles. The summed E-state index contributed by atoms with van der Waals surface area (Å²) in [6.07, 6.45) is 0.747. The summed E-state index contributed by atoms with van der Waals surface area (Å²) < 4.78 is 0. The number of carbonyl (C=O) groups excluding carboxylic acids is 2. The quantitative estimate of drug-likeness (QED) is 0.495. The van der Waals surface area contributed by atoms with Gasteiger partial charge in [0.05, 0.1) is 15.6 Å². The van der Waals surface area contributed by atoms with Crippen LogP contribution in [0.5, 0.6) is 0 Å². The number of benzene rings is 1. The molecule has 0 spiro atoms. The van der Waals surface area contributed by atoms with Crippen LogP contribution in [-0.2, 0) is 9.59 Å². The standard InChI is InChI=1S/C13H16ClN3O4/c1-8(2)5-6-15-12(18)13(19)16-11-7-9(17(20)21)3-4-10(11)14/h3-4,7-8H,5-6H2,1-2H3,(H,15,18)(H,16,19). The Bertz CT molecular complexity index is 560. The van der Waals surface area contributed by atoms with Gasteiger partial charge in [0.2, 0.25) is 0 Å². The summed E-state index contributed by atoms with van der Waals surface area (Å²) in [5.74, 6) is -1.32. The Morgan fingerprint density at radius 3 is 2.57 bits per heavy atom. The summed E-state index contributed by atoms with van der Waals surface area (Å²) in [4.78, 5) is 33.3. The Balaban J connectivity index is 2.67. The molecule has 0 saturated carbocycles. The smallest absolute Gasteiger partial charge is 0.313 e. The molecular weight excluding hydrogens is 298 g/mol. The highest BCUT2D eigenvalue weighted by atomic mass is 35.5. The van der Waals surface area contributed by atoms with Crippen molar-refractivity contribution in [2.75, 3.05) is 11.9 Å². The first kappa shape index (κ1) is 16.9. The third-order valence-electron chi connectivity index (χ3n) is 2.62. The van der Waals surface area contributed by atoms with Gasteiger partial charge in [-0.2, -0.15) is 0 Å². The molecule has 0 saturated heterocycles. The predicted molar refractivity (Wildman–Crippen MR) is 79.2 cm³/mol. The fourth-order valence-electron chi connectivity index (χ4n) is 1.46. The van der Waals surface area contributed by atoms with Gasteiger partial charge >= 0.3 is 11.8 Å². The van der Waals surface area contributed by atoms with E-state index >= 15 is 0 Å². The van der Waals surface area contributed by atoms with Crippen LogP contribution in [0.3, 0.4) is 0 Å². The van der Waals surface area contributed by atoms with Crippen molar-refractivity contribution in [3.05, 3.63) is 33.3 Å². The lowest BCUT2D eigenvalue weighted by molar-refractivity contribution is -0.384. The van der Waals surface area contributed by atoms with E-state index in [9.17, 15) is 19.7 Å². The van der Waals surface area contributed by atoms with Gasteiger partial charge in [0, 0.05) is 18.7 Å². The fraction of sp³-hybridized carbons (Fsp3) is 0.385. The Morgan fingerprint density at radius 1 is 1.33 bits per heavy atom. The lowest BCUT2D eigenvalue weighted by Gasteiger charge is -2.08. The number of nitrogens with zero attached hydrogens (tertiary/aromatic N) is 1. The SMILES string of the molecule is CC(C)CCNC(=O)C(=O)Nc1cc([N+](=O)[O-])ccc1Cl. The molecule has 1 rings (SSSR count). The van der Waals surface area contributed by atoms with E-state index in [-0.39, 0.29) is 16.4 Å². The number of nitro groups is 1. The number of halogens is 1. The topological polar surface area (TPSA) is 101 Å². The monoisotopic (exact) mass is 313 g/mol. The van der Waals surface area contributed by atoms with Crippen LogP contribution in [0.2, 0.25) is 5.02 Å². The Kier molecular flexibility index (Phi) is 6.10. The van der Waals surface area contributed by atoms with Crippen LogP contribution >= 0.6 is 11.6 Å². The summed E-state index contributed by atoms with van der Waals surface area (Å²) in [6, 6.07) is 3.59. The van der Waals surface area contributed by atoms with Gasteiger partial charge in [-0.1, -0.05) is 25.4 Å². The first-order chi connectivity index (χ1) is 9.81.